The van der Waals surface area contributed by atoms with Gasteiger partial charge in [-0.05, 0) is 41.1 Å². The number of nitrogens with zero attached hydrogens (tertiary/aromatic N) is 1. The van der Waals surface area contributed by atoms with Gasteiger partial charge >= 0.3 is 0 Å². The number of rotatable bonds is 5. The first kappa shape index (κ1) is 15.1. The molecule has 21 heavy (non-hydrogen) atoms. The Morgan fingerprint density at radius 3 is 2.95 bits per heavy atom. The van der Waals surface area contributed by atoms with Crippen LogP contribution in [0.2, 0.25) is 0 Å². The number of nitrogens with one attached hydrogen (secondary N) is 1. The van der Waals surface area contributed by atoms with Crippen molar-refractivity contribution in [1.82, 2.24) is 10.5 Å². The zero-order valence-corrected chi connectivity index (χ0v) is 12.9. The summed E-state index contributed by atoms with van der Waals surface area (Å²) in [5, 5.41) is 6.44. The molecule has 0 saturated heterocycles. The van der Waals surface area contributed by atoms with Crippen molar-refractivity contribution in [3.63, 3.8) is 0 Å². The molecule has 1 heterocycles. The van der Waals surface area contributed by atoms with Crippen molar-refractivity contribution < 1.29 is 14.1 Å². The van der Waals surface area contributed by atoms with E-state index >= 15 is 0 Å². The summed E-state index contributed by atoms with van der Waals surface area (Å²) in [6, 6.07) is 6.85. The van der Waals surface area contributed by atoms with Crippen LogP contribution in [0.3, 0.4) is 0 Å². The lowest BCUT2D eigenvalue weighted by atomic mass is 10.2. The highest BCUT2D eigenvalue weighted by Gasteiger charge is 2.09. The van der Waals surface area contributed by atoms with E-state index in [1.807, 2.05) is 6.92 Å². The predicted molar refractivity (Wildman–Crippen MR) is 80.9 cm³/mol. The first-order chi connectivity index (χ1) is 10.1. The van der Waals surface area contributed by atoms with Gasteiger partial charge in [-0.15, -0.1) is 6.42 Å². The lowest BCUT2D eigenvalue weighted by Crippen LogP contribution is -2.23. The molecule has 0 saturated carbocycles. The summed E-state index contributed by atoms with van der Waals surface area (Å²) in [6.45, 7) is 2.30. The van der Waals surface area contributed by atoms with E-state index in [1.165, 1.54) is 0 Å². The van der Waals surface area contributed by atoms with Crippen LogP contribution in [0.1, 0.15) is 21.8 Å². The number of terminal acetylenes is 1. The maximum absolute atomic E-state index is 11.8. The van der Waals surface area contributed by atoms with E-state index in [0.29, 0.717) is 28.1 Å². The van der Waals surface area contributed by atoms with Crippen LogP contribution in [0.15, 0.2) is 33.3 Å². The van der Waals surface area contributed by atoms with Crippen LogP contribution in [0.4, 0.5) is 0 Å². The van der Waals surface area contributed by atoms with Crippen LogP contribution in [-0.4, -0.2) is 17.6 Å². The molecule has 0 aliphatic heterocycles. The van der Waals surface area contributed by atoms with E-state index in [-0.39, 0.29) is 12.5 Å². The third-order valence-corrected chi connectivity index (χ3v) is 3.22. The second-order valence-electron chi connectivity index (χ2n) is 4.25. The quantitative estimate of drug-likeness (QED) is 0.843. The van der Waals surface area contributed by atoms with Crippen molar-refractivity contribution in [2.45, 2.75) is 13.5 Å². The van der Waals surface area contributed by atoms with Crippen molar-refractivity contribution in [2.75, 3.05) is 6.54 Å². The first-order valence-corrected chi connectivity index (χ1v) is 6.95. The van der Waals surface area contributed by atoms with Gasteiger partial charge in [-0.1, -0.05) is 11.1 Å². The van der Waals surface area contributed by atoms with Crippen molar-refractivity contribution in [1.29, 1.82) is 0 Å². The average molecular weight is 349 g/mol. The third-order valence-electron chi connectivity index (χ3n) is 2.60. The largest absolute Gasteiger partial charge is 0.486 e. The molecule has 108 valence electrons. The van der Waals surface area contributed by atoms with Gasteiger partial charge < -0.3 is 14.6 Å². The molecule has 1 amide bonds. The fraction of sp³-hybridized carbons (Fsp3) is 0.200. The zero-order chi connectivity index (χ0) is 15.2. The third kappa shape index (κ3) is 4.10. The summed E-state index contributed by atoms with van der Waals surface area (Å²) in [5.41, 5.74) is 1.21. The number of carbonyl (C=O) groups excluding carboxylic acids is 1. The number of hydrogen-bond donors (Lipinski definition) is 1. The number of benzene rings is 1. The molecule has 0 bridgehead atoms. The predicted octanol–water partition coefficient (Wildman–Crippen LogP) is 2.69. The highest BCUT2D eigenvalue weighted by molar-refractivity contribution is 9.10. The van der Waals surface area contributed by atoms with Gasteiger partial charge in [-0.25, -0.2) is 0 Å². The van der Waals surface area contributed by atoms with E-state index in [4.69, 9.17) is 15.7 Å². The van der Waals surface area contributed by atoms with E-state index in [0.717, 1.165) is 5.76 Å². The van der Waals surface area contributed by atoms with Crippen LogP contribution < -0.4 is 10.1 Å². The number of aromatic nitrogens is 1. The van der Waals surface area contributed by atoms with Gasteiger partial charge in [0.25, 0.3) is 5.91 Å². The Hall–Kier alpha value is -2.26. The normalized spacial score (nSPS) is 9.95. The Morgan fingerprint density at radius 1 is 1.52 bits per heavy atom. The zero-order valence-electron chi connectivity index (χ0n) is 11.4. The Kier molecular flexibility index (Phi) is 5.01. The van der Waals surface area contributed by atoms with Gasteiger partial charge in [0.15, 0.2) is 0 Å². The fourth-order valence-electron chi connectivity index (χ4n) is 1.63. The maximum atomic E-state index is 11.8. The summed E-state index contributed by atoms with van der Waals surface area (Å²) in [5.74, 6) is 3.47. The Balaban J connectivity index is 2.02. The number of ether oxygens (including phenoxy) is 1. The number of hydrogen-bond acceptors (Lipinski definition) is 4. The van der Waals surface area contributed by atoms with Crippen LogP contribution in [-0.2, 0) is 6.61 Å². The summed E-state index contributed by atoms with van der Waals surface area (Å²) < 4.78 is 11.3. The fourth-order valence-corrected chi connectivity index (χ4v) is 2.12. The van der Waals surface area contributed by atoms with Crippen molar-refractivity contribution in [3.05, 3.63) is 45.8 Å². The maximum Gasteiger partial charge on any atom is 0.252 e. The van der Waals surface area contributed by atoms with Crippen molar-refractivity contribution in [2.24, 2.45) is 0 Å². The van der Waals surface area contributed by atoms with Crippen LogP contribution in [0, 0.1) is 19.3 Å². The topological polar surface area (TPSA) is 64.4 Å². The van der Waals surface area contributed by atoms with E-state index in [1.54, 1.807) is 24.3 Å². The van der Waals surface area contributed by atoms with Crippen molar-refractivity contribution >= 4 is 21.8 Å². The van der Waals surface area contributed by atoms with Gasteiger partial charge in [-0.3, -0.25) is 4.79 Å². The molecule has 0 radical (unpaired) electrons. The highest BCUT2D eigenvalue weighted by atomic mass is 79.9. The molecule has 1 aromatic carbocycles. The van der Waals surface area contributed by atoms with Gasteiger partial charge in [-0.2, -0.15) is 0 Å². The minimum Gasteiger partial charge on any atom is -0.486 e. The molecular weight excluding hydrogens is 336 g/mol. The highest BCUT2D eigenvalue weighted by Crippen LogP contribution is 2.26. The molecule has 0 aliphatic rings. The molecule has 2 rings (SSSR count). The molecule has 0 spiro atoms. The Labute approximate surface area is 130 Å². The number of amides is 1. The van der Waals surface area contributed by atoms with Gasteiger partial charge in [0, 0.05) is 11.6 Å². The summed E-state index contributed by atoms with van der Waals surface area (Å²) in [6.07, 6.45) is 5.10. The van der Waals surface area contributed by atoms with Crippen LogP contribution >= 0.6 is 15.9 Å². The van der Waals surface area contributed by atoms with E-state index in [9.17, 15) is 4.79 Å². The van der Waals surface area contributed by atoms with Gasteiger partial charge in [0.1, 0.15) is 23.8 Å². The lowest BCUT2D eigenvalue weighted by Gasteiger charge is -2.08. The first-order valence-electron chi connectivity index (χ1n) is 6.16. The summed E-state index contributed by atoms with van der Waals surface area (Å²) >= 11 is 3.37. The lowest BCUT2D eigenvalue weighted by molar-refractivity contribution is 0.0958. The molecule has 6 heteroatoms. The second-order valence-corrected chi connectivity index (χ2v) is 5.10. The van der Waals surface area contributed by atoms with Crippen LogP contribution in [0.25, 0.3) is 0 Å². The summed E-state index contributed by atoms with van der Waals surface area (Å²) in [4.78, 5) is 11.8. The van der Waals surface area contributed by atoms with Crippen LogP contribution in [0.5, 0.6) is 5.75 Å². The molecular formula is C15H13BrN2O3. The molecule has 1 N–H and O–H groups in total. The molecule has 0 aliphatic carbocycles. The number of carbonyl (C=O) groups is 1. The van der Waals surface area contributed by atoms with Crippen molar-refractivity contribution in [3.8, 4) is 18.1 Å². The second kappa shape index (κ2) is 6.95. The minimum atomic E-state index is -0.229. The number of halogens is 1. The minimum absolute atomic E-state index is 0.195. The molecule has 5 nitrogen and oxygen atoms in total. The molecule has 0 unspecified atom stereocenters. The monoisotopic (exact) mass is 348 g/mol. The SMILES string of the molecule is C#CCNC(=O)c1ccc(OCc2cc(C)on2)c(Br)c1. The molecule has 0 atom stereocenters. The molecule has 1 aromatic heterocycles. The van der Waals surface area contributed by atoms with E-state index < -0.39 is 0 Å². The molecule has 0 fully saturated rings. The van der Waals surface area contributed by atoms with E-state index in [2.05, 4.69) is 32.3 Å². The van der Waals surface area contributed by atoms with Gasteiger partial charge in [0.05, 0.1) is 11.0 Å². The smallest absolute Gasteiger partial charge is 0.252 e. The number of aryl methyl sites for hydroxylation is 1. The average Bonchev–Trinajstić information content (AvgIpc) is 2.89. The standard InChI is InChI=1S/C15H13BrN2O3/c1-3-6-17-15(19)11-4-5-14(13(16)8-11)20-9-12-7-10(2)21-18-12/h1,4-5,7-8H,6,9H2,2H3,(H,17,19). The Bertz CT molecular complexity index is 688. The Morgan fingerprint density at radius 2 is 2.33 bits per heavy atom. The van der Waals surface area contributed by atoms with Gasteiger partial charge in [0.2, 0.25) is 0 Å². The molecule has 2 aromatic rings. The summed E-state index contributed by atoms with van der Waals surface area (Å²) in [7, 11) is 0.